The summed E-state index contributed by atoms with van der Waals surface area (Å²) < 4.78 is 0. The second-order valence-electron chi connectivity index (χ2n) is 5.24. The number of carbonyl (C=O) groups is 1. The molecule has 0 amide bonds. The number of Topliss-reactive ketones (excluding diaryl/α,β-unsaturated/α-hetero) is 1. The molecule has 0 aromatic rings. The van der Waals surface area contributed by atoms with Crippen molar-refractivity contribution in [1.29, 1.82) is 0 Å². The van der Waals surface area contributed by atoms with Gasteiger partial charge in [0.15, 0.2) is 0 Å². The van der Waals surface area contributed by atoms with Crippen LogP contribution in [-0.4, -0.2) is 55.4 Å². The zero-order valence-electron chi connectivity index (χ0n) is 11.2. The molecule has 1 rings (SSSR count). The van der Waals surface area contributed by atoms with E-state index in [1.54, 1.807) is 0 Å². The maximum Gasteiger partial charge on any atom is 0.149 e. The van der Waals surface area contributed by atoms with E-state index in [9.17, 15) is 4.79 Å². The van der Waals surface area contributed by atoms with Gasteiger partial charge in [0, 0.05) is 13.0 Å². The van der Waals surface area contributed by atoms with Crippen molar-refractivity contribution >= 4 is 5.78 Å². The van der Waals surface area contributed by atoms with Gasteiger partial charge in [-0.05, 0) is 52.9 Å². The summed E-state index contributed by atoms with van der Waals surface area (Å²) in [6.45, 7) is 7.37. The van der Waals surface area contributed by atoms with Gasteiger partial charge in [-0.1, -0.05) is 6.92 Å². The van der Waals surface area contributed by atoms with Crippen LogP contribution in [0.15, 0.2) is 0 Å². The van der Waals surface area contributed by atoms with Crippen LogP contribution in [0.4, 0.5) is 0 Å². The molecule has 1 saturated heterocycles. The predicted molar refractivity (Wildman–Crippen MR) is 67.6 cm³/mol. The summed E-state index contributed by atoms with van der Waals surface area (Å²) >= 11 is 0. The molecule has 0 spiro atoms. The van der Waals surface area contributed by atoms with Gasteiger partial charge in [0.05, 0.1) is 6.04 Å². The van der Waals surface area contributed by atoms with Crippen LogP contribution in [0.25, 0.3) is 0 Å². The fraction of sp³-hybridized carbons (Fsp3) is 0.923. The van der Waals surface area contributed by atoms with Crippen LogP contribution >= 0.6 is 0 Å². The van der Waals surface area contributed by atoms with E-state index in [0.717, 1.165) is 19.0 Å². The van der Waals surface area contributed by atoms with E-state index in [0.29, 0.717) is 12.2 Å². The third-order valence-electron chi connectivity index (χ3n) is 3.63. The lowest BCUT2D eigenvalue weighted by molar-refractivity contribution is -0.124. The fourth-order valence-corrected chi connectivity index (χ4v) is 2.54. The minimum Gasteiger partial charge on any atom is -0.309 e. The van der Waals surface area contributed by atoms with Gasteiger partial charge in [0.25, 0.3) is 0 Å². The smallest absolute Gasteiger partial charge is 0.149 e. The predicted octanol–water partition coefficient (Wildman–Crippen LogP) is 1.63. The van der Waals surface area contributed by atoms with Gasteiger partial charge in [-0.2, -0.15) is 0 Å². The Balaban J connectivity index is 2.34. The molecule has 3 nitrogen and oxygen atoms in total. The van der Waals surface area contributed by atoms with Crippen LogP contribution in [0.1, 0.15) is 33.1 Å². The average molecular weight is 226 g/mol. The molecule has 0 aromatic heterocycles. The van der Waals surface area contributed by atoms with Gasteiger partial charge < -0.3 is 4.90 Å². The van der Waals surface area contributed by atoms with Gasteiger partial charge in [0.2, 0.25) is 0 Å². The third-order valence-corrected chi connectivity index (χ3v) is 3.63. The maximum absolute atomic E-state index is 11.6. The molecule has 94 valence electrons. The van der Waals surface area contributed by atoms with Crippen LogP contribution in [0, 0.1) is 5.92 Å². The molecule has 16 heavy (non-hydrogen) atoms. The van der Waals surface area contributed by atoms with E-state index in [2.05, 4.69) is 30.8 Å². The molecule has 0 radical (unpaired) electrons. The Morgan fingerprint density at radius 2 is 1.94 bits per heavy atom. The van der Waals surface area contributed by atoms with Gasteiger partial charge in [-0.3, -0.25) is 9.69 Å². The number of ketones is 1. The number of carbonyl (C=O) groups excluding carboxylic acids is 1. The van der Waals surface area contributed by atoms with Crippen molar-refractivity contribution in [1.82, 2.24) is 9.80 Å². The SMILES string of the molecule is CCC(=O)C(C)N1CCC(CN(C)C)CC1. The van der Waals surface area contributed by atoms with E-state index in [-0.39, 0.29) is 6.04 Å². The number of nitrogens with zero attached hydrogens (tertiary/aromatic N) is 2. The normalized spacial score (nSPS) is 21.3. The molecule has 0 N–H and O–H groups in total. The summed E-state index contributed by atoms with van der Waals surface area (Å²) in [5.74, 6) is 1.20. The van der Waals surface area contributed by atoms with Crippen molar-refractivity contribution < 1.29 is 4.79 Å². The molecule has 1 atom stereocenters. The molecule has 0 aromatic carbocycles. The highest BCUT2D eigenvalue weighted by atomic mass is 16.1. The summed E-state index contributed by atoms with van der Waals surface area (Å²) in [5.41, 5.74) is 0. The van der Waals surface area contributed by atoms with Crippen LogP contribution < -0.4 is 0 Å². The summed E-state index contributed by atoms with van der Waals surface area (Å²) in [7, 11) is 4.27. The monoisotopic (exact) mass is 226 g/mol. The molecular weight excluding hydrogens is 200 g/mol. The van der Waals surface area contributed by atoms with Crippen molar-refractivity contribution in [3.63, 3.8) is 0 Å². The number of hydrogen-bond acceptors (Lipinski definition) is 3. The Labute approximate surface area is 99.8 Å². The first-order valence-electron chi connectivity index (χ1n) is 6.46. The van der Waals surface area contributed by atoms with Crippen molar-refractivity contribution in [3.05, 3.63) is 0 Å². The minimum atomic E-state index is 0.130. The molecule has 0 bridgehead atoms. The standard InChI is InChI=1S/C13H26N2O/c1-5-13(16)11(2)15-8-6-12(7-9-15)10-14(3)4/h11-12H,5-10H2,1-4H3. The molecule has 0 aliphatic carbocycles. The number of likely N-dealkylation sites (tertiary alicyclic amines) is 1. The van der Waals surface area contributed by atoms with Gasteiger partial charge in [-0.15, -0.1) is 0 Å². The molecule has 1 heterocycles. The van der Waals surface area contributed by atoms with Gasteiger partial charge in [0.1, 0.15) is 5.78 Å². The molecule has 1 unspecified atom stereocenters. The molecule has 1 aliphatic rings. The van der Waals surface area contributed by atoms with E-state index < -0.39 is 0 Å². The fourth-order valence-electron chi connectivity index (χ4n) is 2.54. The number of hydrogen-bond donors (Lipinski definition) is 0. The van der Waals surface area contributed by atoms with Crippen LogP contribution in [-0.2, 0) is 4.79 Å². The lowest BCUT2D eigenvalue weighted by Gasteiger charge is -2.36. The zero-order valence-corrected chi connectivity index (χ0v) is 11.2. The van der Waals surface area contributed by atoms with E-state index in [4.69, 9.17) is 0 Å². The van der Waals surface area contributed by atoms with Crippen molar-refractivity contribution in [3.8, 4) is 0 Å². The van der Waals surface area contributed by atoms with Gasteiger partial charge in [-0.25, -0.2) is 0 Å². The Bertz CT molecular complexity index is 220. The first-order chi connectivity index (χ1) is 7.54. The number of piperidine rings is 1. The van der Waals surface area contributed by atoms with Crippen LogP contribution in [0.2, 0.25) is 0 Å². The van der Waals surface area contributed by atoms with Crippen molar-refractivity contribution in [2.24, 2.45) is 5.92 Å². The second kappa shape index (κ2) is 6.36. The van der Waals surface area contributed by atoms with E-state index >= 15 is 0 Å². The van der Waals surface area contributed by atoms with Crippen molar-refractivity contribution in [2.45, 2.75) is 39.2 Å². The highest BCUT2D eigenvalue weighted by Gasteiger charge is 2.25. The Hall–Kier alpha value is -0.410. The average Bonchev–Trinajstić information content (AvgIpc) is 2.27. The largest absolute Gasteiger partial charge is 0.309 e. The Kier molecular flexibility index (Phi) is 5.42. The third kappa shape index (κ3) is 3.87. The number of rotatable bonds is 5. The first-order valence-corrected chi connectivity index (χ1v) is 6.46. The Morgan fingerprint density at radius 1 is 1.38 bits per heavy atom. The lowest BCUT2D eigenvalue weighted by atomic mass is 9.94. The molecule has 3 heteroatoms. The maximum atomic E-state index is 11.6. The lowest BCUT2D eigenvalue weighted by Crippen LogP contribution is -2.45. The highest BCUT2D eigenvalue weighted by Crippen LogP contribution is 2.19. The topological polar surface area (TPSA) is 23.6 Å². The van der Waals surface area contributed by atoms with E-state index in [1.807, 2.05) is 6.92 Å². The van der Waals surface area contributed by atoms with Crippen LogP contribution in [0.3, 0.4) is 0 Å². The van der Waals surface area contributed by atoms with Crippen molar-refractivity contribution in [2.75, 3.05) is 33.7 Å². The molecule has 1 fully saturated rings. The van der Waals surface area contributed by atoms with E-state index in [1.165, 1.54) is 19.4 Å². The van der Waals surface area contributed by atoms with Crippen LogP contribution in [0.5, 0.6) is 0 Å². The minimum absolute atomic E-state index is 0.130. The molecule has 1 aliphatic heterocycles. The second-order valence-corrected chi connectivity index (χ2v) is 5.24. The summed E-state index contributed by atoms with van der Waals surface area (Å²) in [6.07, 6.45) is 3.14. The summed E-state index contributed by atoms with van der Waals surface area (Å²) in [5, 5.41) is 0. The molecule has 0 saturated carbocycles. The summed E-state index contributed by atoms with van der Waals surface area (Å²) in [4.78, 5) is 16.2. The highest BCUT2D eigenvalue weighted by molar-refractivity contribution is 5.83. The summed E-state index contributed by atoms with van der Waals surface area (Å²) in [6, 6.07) is 0.130. The first kappa shape index (κ1) is 13.7. The quantitative estimate of drug-likeness (QED) is 0.712. The van der Waals surface area contributed by atoms with Gasteiger partial charge >= 0.3 is 0 Å². The molecular formula is C13H26N2O. The Morgan fingerprint density at radius 3 is 2.38 bits per heavy atom. The zero-order chi connectivity index (χ0) is 12.1.